The quantitative estimate of drug-likeness (QED) is 0.792. The first-order valence-corrected chi connectivity index (χ1v) is 6.58. The van der Waals surface area contributed by atoms with Gasteiger partial charge in [-0.1, -0.05) is 6.07 Å². The summed E-state index contributed by atoms with van der Waals surface area (Å²) in [6, 6.07) is 4.16. The summed E-state index contributed by atoms with van der Waals surface area (Å²) >= 11 is 1.74. The van der Waals surface area contributed by atoms with Gasteiger partial charge in [-0.2, -0.15) is 0 Å². The summed E-state index contributed by atoms with van der Waals surface area (Å²) in [6.07, 6.45) is 3.52. The minimum absolute atomic E-state index is 0.182. The minimum atomic E-state index is -0.716. The van der Waals surface area contributed by atoms with Crippen molar-refractivity contribution in [2.45, 2.75) is 19.3 Å². The summed E-state index contributed by atoms with van der Waals surface area (Å²) in [5, 5.41) is 10.9. The van der Waals surface area contributed by atoms with Gasteiger partial charge in [0, 0.05) is 18.0 Å². The van der Waals surface area contributed by atoms with Crippen LogP contribution >= 0.6 is 11.3 Å². The molecule has 2 rings (SSSR count). The average molecular weight is 239 g/mol. The lowest BCUT2D eigenvalue weighted by atomic mass is 10.3. The van der Waals surface area contributed by atoms with E-state index in [1.807, 2.05) is 6.07 Å². The fourth-order valence-corrected chi connectivity index (χ4v) is 2.51. The van der Waals surface area contributed by atoms with Gasteiger partial charge in [0.1, 0.15) is 0 Å². The maximum atomic E-state index is 10.7. The highest BCUT2D eigenvalue weighted by atomic mass is 32.1. The predicted octanol–water partition coefficient (Wildman–Crippen LogP) is 2.09. The molecule has 1 N–H and O–H groups in total. The molecule has 4 heteroatoms. The first kappa shape index (κ1) is 11.6. The third-order valence-corrected chi connectivity index (χ3v) is 3.76. The maximum absolute atomic E-state index is 10.7. The Morgan fingerprint density at radius 1 is 1.56 bits per heavy atom. The summed E-state index contributed by atoms with van der Waals surface area (Å²) in [5.74, 6) is 0.0366. The van der Waals surface area contributed by atoms with E-state index >= 15 is 0 Å². The molecule has 0 spiro atoms. The number of aliphatic carboxylic acids is 1. The molecule has 1 aromatic heterocycles. The summed E-state index contributed by atoms with van der Waals surface area (Å²) < 4.78 is 0. The summed E-state index contributed by atoms with van der Waals surface area (Å²) in [7, 11) is 0. The summed E-state index contributed by atoms with van der Waals surface area (Å²) in [5.41, 5.74) is 0. The Balaban J connectivity index is 1.78. The number of rotatable bonds is 7. The van der Waals surface area contributed by atoms with Gasteiger partial charge in [0.2, 0.25) is 0 Å². The lowest BCUT2D eigenvalue weighted by Gasteiger charge is -2.19. The van der Waals surface area contributed by atoms with E-state index < -0.39 is 5.97 Å². The molecule has 0 atom stereocenters. The molecule has 1 aliphatic rings. The third-order valence-electron chi connectivity index (χ3n) is 2.83. The molecular weight excluding hydrogens is 222 g/mol. The van der Waals surface area contributed by atoms with Gasteiger partial charge in [0.15, 0.2) is 0 Å². The largest absolute Gasteiger partial charge is 0.480 e. The zero-order valence-electron chi connectivity index (χ0n) is 9.26. The molecule has 0 aliphatic heterocycles. The Bertz CT molecular complexity index is 333. The predicted molar refractivity (Wildman–Crippen MR) is 64.8 cm³/mol. The van der Waals surface area contributed by atoms with Crippen LogP contribution in [-0.4, -0.2) is 35.6 Å². The number of carboxylic acids is 1. The number of hydrogen-bond acceptors (Lipinski definition) is 3. The molecule has 0 saturated heterocycles. The normalized spacial score (nSPS) is 15.6. The monoisotopic (exact) mass is 239 g/mol. The third kappa shape index (κ3) is 3.94. The van der Waals surface area contributed by atoms with Gasteiger partial charge in [0.05, 0.1) is 6.54 Å². The molecular formula is C12H17NO2S. The zero-order valence-corrected chi connectivity index (χ0v) is 10.1. The van der Waals surface area contributed by atoms with Crippen molar-refractivity contribution in [3.8, 4) is 0 Å². The maximum Gasteiger partial charge on any atom is 0.317 e. The number of nitrogens with zero attached hydrogens (tertiary/aromatic N) is 1. The van der Waals surface area contributed by atoms with Gasteiger partial charge < -0.3 is 5.11 Å². The number of hydrogen-bond donors (Lipinski definition) is 1. The minimum Gasteiger partial charge on any atom is -0.480 e. The van der Waals surface area contributed by atoms with Crippen LogP contribution < -0.4 is 0 Å². The lowest BCUT2D eigenvalue weighted by Crippen LogP contribution is -2.33. The Labute approximate surface area is 99.7 Å². The highest BCUT2D eigenvalue weighted by molar-refractivity contribution is 7.09. The van der Waals surface area contributed by atoms with Gasteiger partial charge >= 0.3 is 5.97 Å². The molecule has 0 amide bonds. The molecule has 1 aliphatic carbocycles. The van der Waals surface area contributed by atoms with Crippen LogP contribution in [0, 0.1) is 5.92 Å². The van der Waals surface area contributed by atoms with Crippen LogP contribution in [0.1, 0.15) is 17.7 Å². The second-order valence-electron chi connectivity index (χ2n) is 4.40. The van der Waals surface area contributed by atoms with E-state index in [2.05, 4.69) is 16.3 Å². The SMILES string of the molecule is O=C(O)CN(CCc1cccs1)CC1CC1. The smallest absolute Gasteiger partial charge is 0.317 e. The van der Waals surface area contributed by atoms with E-state index in [4.69, 9.17) is 5.11 Å². The van der Waals surface area contributed by atoms with E-state index in [0.717, 1.165) is 25.4 Å². The van der Waals surface area contributed by atoms with Crippen LogP contribution in [0.4, 0.5) is 0 Å². The van der Waals surface area contributed by atoms with E-state index in [1.165, 1.54) is 17.7 Å². The van der Waals surface area contributed by atoms with Gasteiger partial charge in [-0.05, 0) is 36.6 Å². The first-order chi connectivity index (χ1) is 7.74. The van der Waals surface area contributed by atoms with Crippen molar-refractivity contribution in [2.24, 2.45) is 5.92 Å². The Morgan fingerprint density at radius 2 is 2.38 bits per heavy atom. The first-order valence-electron chi connectivity index (χ1n) is 5.70. The fraction of sp³-hybridized carbons (Fsp3) is 0.583. The van der Waals surface area contributed by atoms with Gasteiger partial charge in [-0.15, -0.1) is 11.3 Å². The number of thiophene rings is 1. The Morgan fingerprint density at radius 3 is 2.94 bits per heavy atom. The Hall–Kier alpha value is -0.870. The molecule has 3 nitrogen and oxygen atoms in total. The van der Waals surface area contributed by atoms with E-state index in [-0.39, 0.29) is 6.54 Å². The molecule has 1 fully saturated rings. The molecule has 0 bridgehead atoms. The molecule has 0 unspecified atom stereocenters. The van der Waals surface area contributed by atoms with Crippen molar-refractivity contribution in [3.63, 3.8) is 0 Å². The Kier molecular flexibility index (Phi) is 3.96. The molecule has 1 aromatic rings. The number of carboxylic acid groups (broad SMARTS) is 1. The van der Waals surface area contributed by atoms with E-state index in [0.29, 0.717) is 0 Å². The van der Waals surface area contributed by atoms with E-state index in [1.54, 1.807) is 11.3 Å². The highest BCUT2D eigenvalue weighted by Crippen LogP contribution is 2.29. The molecule has 16 heavy (non-hydrogen) atoms. The van der Waals surface area contributed by atoms with Gasteiger partial charge in [-0.25, -0.2) is 0 Å². The standard InChI is InChI=1S/C12H17NO2S/c14-12(15)9-13(8-10-3-4-10)6-5-11-2-1-7-16-11/h1-2,7,10H,3-6,8-9H2,(H,14,15). The summed E-state index contributed by atoms with van der Waals surface area (Å²) in [6.45, 7) is 2.00. The van der Waals surface area contributed by atoms with Crippen molar-refractivity contribution >= 4 is 17.3 Å². The molecule has 88 valence electrons. The molecule has 1 heterocycles. The van der Waals surface area contributed by atoms with Gasteiger partial charge in [0.25, 0.3) is 0 Å². The topological polar surface area (TPSA) is 40.5 Å². The molecule has 0 radical (unpaired) electrons. The summed E-state index contributed by atoms with van der Waals surface area (Å²) in [4.78, 5) is 14.1. The van der Waals surface area contributed by atoms with Crippen molar-refractivity contribution in [2.75, 3.05) is 19.6 Å². The van der Waals surface area contributed by atoms with E-state index in [9.17, 15) is 4.79 Å². The molecule has 0 aromatic carbocycles. The van der Waals surface area contributed by atoms with Crippen LogP contribution in [0.5, 0.6) is 0 Å². The zero-order chi connectivity index (χ0) is 11.4. The van der Waals surface area contributed by atoms with Gasteiger partial charge in [-0.3, -0.25) is 9.69 Å². The average Bonchev–Trinajstić information content (AvgIpc) is 2.89. The second kappa shape index (κ2) is 5.46. The van der Waals surface area contributed by atoms with Crippen LogP contribution in [-0.2, 0) is 11.2 Å². The van der Waals surface area contributed by atoms with Crippen molar-refractivity contribution < 1.29 is 9.90 Å². The van der Waals surface area contributed by atoms with Crippen LogP contribution in [0.25, 0.3) is 0 Å². The van der Waals surface area contributed by atoms with Crippen molar-refractivity contribution in [1.29, 1.82) is 0 Å². The molecule has 1 saturated carbocycles. The second-order valence-corrected chi connectivity index (χ2v) is 5.43. The number of carbonyl (C=O) groups is 1. The van der Waals surface area contributed by atoms with Crippen molar-refractivity contribution in [3.05, 3.63) is 22.4 Å². The van der Waals surface area contributed by atoms with Crippen LogP contribution in [0.3, 0.4) is 0 Å². The highest BCUT2D eigenvalue weighted by Gasteiger charge is 2.24. The van der Waals surface area contributed by atoms with Crippen LogP contribution in [0.2, 0.25) is 0 Å². The fourth-order valence-electron chi connectivity index (χ4n) is 1.81. The van der Waals surface area contributed by atoms with Crippen molar-refractivity contribution in [1.82, 2.24) is 4.90 Å². The van der Waals surface area contributed by atoms with Crippen LogP contribution in [0.15, 0.2) is 17.5 Å². The lowest BCUT2D eigenvalue weighted by molar-refractivity contribution is -0.138.